The number of nitrogen functional groups attached to an aromatic ring is 1. The van der Waals surface area contributed by atoms with E-state index in [9.17, 15) is 4.79 Å². The van der Waals surface area contributed by atoms with Crippen LogP contribution in [-0.2, 0) is 4.74 Å². The monoisotopic (exact) mass is 251 g/mol. The molecule has 0 aliphatic rings. The predicted octanol–water partition coefficient (Wildman–Crippen LogP) is 1.41. The number of aromatic nitrogens is 1. The van der Waals surface area contributed by atoms with Gasteiger partial charge in [-0.1, -0.05) is 13.8 Å². The first-order valence-corrected chi connectivity index (χ1v) is 6.04. The number of carbonyl (C=O) groups is 1. The van der Waals surface area contributed by atoms with Gasteiger partial charge in [0, 0.05) is 32.1 Å². The number of rotatable bonds is 6. The average Bonchev–Trinajstić information content (AvgIpc) is 2.33. The van der Waals surface area contributed by atoms with Crippen LogP contribution in [-0.4, -0.2) is 42.6 Å². The quantitative estimate of drug-likeness (QED) is 0.830. The Morgan fingerprint density at radius 2 is 2.28 bits per heavy atom. The van der Waals surface area contributed by atoms with Crippen LogP contribution in [0.1, 0.15) is 24.3 Å². The molecule has 0 aliphatic carbocycles. The van der Waals surface area contributed by atoms with Crippen molar-refractivity contribution in [3.63, 3.8) is 0 Å². The molecule has 0 atom stereocenters. The van der Waals surface area contributed by atoms with E-state index in [0.717, 1.165) is 0 Å². The van der Waals surface area contributed by atoms with Crippen LogP contribution in [0.25, 0.3) is 0 Å². The van der Waals surface area contributed by atoms with E-state index in [1.54, 1.807) is 30.3 Å². The molecule has 0 fully saturated rings. The van der Waals surface area contributed by atoms with Crippen molar-refractivity contribution >= 4 is 11.6 Å². The van der Waals surface area contributed by atoms with Gasteiger partial charge in [0.2, 0.25) is 0 Å². The summed E-state index contributed by atoms with van der Waals surface area (Å²) < 4.78 is 5.02. The number of amides is 1. The van der Waals surface area contributed by atoms with Crippen molar-refractivity contribution in [2.45, 2.75) is 13.8 Å². The van der Waals surface area contributed by atoms with Gasteiger partial charge in [-0.15, -0.1) is 0 Å². The third-order valence-corrected chi connectivity index (χ3v) is 2.44. The molecule has 1 amide bonds. The summed E-state index contributed by atoms with van der Waals surface area (Å²) in [6.45, 7) is 5.89. The Bertz CT molecular complexity index is 394. The van der Waals surface area contributed by atoms with Gasteiger partial charge in [-0.2, -0.15) is 0 Å². The van der Waals surface area contributed by atoms with Crippen molar-refractivity contribution in [3.8, 4) is 0 Å². The van der Waals surface area contributed by atoms with E-state index in [0.29, 0.717) is 37.0 Å². The molecule has 0 saturated carbocycles. The normalized spacial score (nSPS) is 10.7. The highest BCUT2D eigenvalue weighted by Gasteiger charge is 2.17. The Morgan fingerprint density at radius 3 is 2.83 bits per heavy atom. The lowest BCUT2D eigenvalue weighted by molar-refractivity contribution is 0.0666. The summed E-state index contributed by atoms with van der Waals surface area (Å²) in [5.74, 6) is 0.292. The van der Waals surface area contributed by atoms with Crippen LogP contribution < -0.4 is 5.73 Å². The van der Waals surface area contributed by atoms with Gasteiger partial charge in [0.25, 0.3) is 5.91 Å². The van der Waals surface area contributed by atoms with Crippen molar-refractivity contribution in [2.75, 3.05) is 32.5 Å². The molecule has 1 aromatic rings. The van der Waals surface area contributed by atoms with Crippen molar-refractivity contribution < 1.29 is 9.53 Å². The summed E-state index contributed by atoms with van der Waals surface area (Å²) in [7, 11) is 1.62. The molecule has 0 aliphatic heterocycles. The van der Waals surface area contributed by atoms with Crippen molar-refractivity contribution in [2.24, 2.45) is 5.92 Å². The number of carbonyl (C=O) groups excluding carboxylic acids is 1. The van der Waals surface area contributed by atoms with Crippen molar-refractivity contribution in [1.82, 2.24) is 9.88 Å². The number of anilines is 1. The van der Waals surface area contributed by atoms with Crippen molar-refractivity contribution in [3.05, 3.63) is 24.0 Å². The maximum absolute atomic E-state index is 12.3. The molecular weight excluding hydrogens is 230 g/mol. The molecule has 0 unspecified atom stereocenters. The molecule has 0 spiro atoms. The number of nitrogens with zero attached hydrogens (tertiary/aromatic N) is 2. The molecule has 0 radical (unpaired) electrons. The van der Waals surface area contributed by atoms with Crippen LogP contribution in [0.5, 0.6) is 0 Å². The number of hydrogen-bond donors (Lipinski definition) is 1. The smallest absolute Gasteiger partial charge is 0.272 e. The summed E-state index contributed by atoms with van der Waals surface area (Å²) in [5, 5.41) is 0. The number of nitrogens with two attached hydrogens (primary N) is 1. The molecular formula is C13H21N3O2. The van der Waals surface area contributed by atoms with E-state index < -0.39 is 0 Å². The Morgan fingerprint density at radius 1 is 1.56 bits per heavy atom. The zero-order chi connectivity index (χ0) is 13.5. The zero-order valence-corrected chi connectivity index (χ0v) is 11.2. The SMILES string of the molecule is COCCN(CC(C)C)C(=O)c1cc(N)ccn1. The van der Waals surface area contributed by atoms with Gasteiger partial charge in [-0.05, 0) is 18.1 Å². The molecule has 1 heterocycles. The van der Waals surface area contributed by atoms with E-state index in [2.05, 4.69) is 18.8 Å². The molecule has 1 aromatic heterocycles. The molecule has 0 aromatic carbocycles. The van der Waals surface area contributed by atoms with Gasteiger partial charge in [-0.25, -0.2) is 0 Å². The van der Waals surface area contributed by atoms with Crippen LogP contribution in [0, 0.1) is 5.92 Å². The second-order valence-electron chi connectivity index (χ2n) is 4.61. The van der Waals surface area contributed by atoms with Crippen LogP contribution in [0.4, 0.5) is 5.69 Å². The first-order chi connectivity index (χ1) is 8.54. The molecule has 100 valence electrons. The van der Waals surface area contributed by atoms with Crippen molar-refractivity contribution in [1.29, 1.82) is 0 Å². The molecule has 2 N–H and O–H groups in total. The highest BCUT2D eigenvalue weighted by molar-refractivity contribution is 5.93. The largest absolute Gasteiger partial charge is 0.399 e. The lowest BCUT2D eigenvalue weighted by atomic mass is 10.2. The van der Waals surface area contributed by atoms with E-state index in [-0.39, 0.29) is 5.91 Å². The highest BCUT2D eigenvalue weighted by atomic mass is 16.5. The molecule has 0 bridgehead atoms. The predicted molar refractivity (Wildman–Crippen MR) is 71.3 cm³/mol. The van der Waals surface area contributed by atoms with E-state index in [1.807, 2.05) is 0 Å². The van der Waals surface area contributed by atoms with E-state index in [1.165, 1.54) is 0 Å². The molecule has 18 heavy (non-hydrogen) atoms. The first-order valence-electron chi connectivity index (χ1n) is 6.04. The minimum atomic E-state index is -0.104. The molecule has 5 heteroatoms. The third-order valence-electron chi connectivity index (χ3n) is 2.44. The second kappa shape index (κ2) is 6.96. The minimum Gasteiger partial charge on any atom is -0.399 e. The maximum atomic E-state index is 12.3. The number of pyridine rings is 1. The van der Waals surface area contributed by atoms with Gasteiger partial charge >= 0.3 is 0 Å². The highest BCUT2D eigenvalue weighted by Crippen LogP contribution is 2.08. The standard InChI is InChI=1S/C13H21N3O2/c1-10(2)9-16(6-7-18-3)13(17)12-8-11(14)4-5-15-12/h4-5,8,10H,6-7,9H2,1-3H3,(H2,14,15). The first kappa shape index (κ1) is 14.4. The lowest BCUT2D eigenvalue weighted by Gasteiger charge is -2.24. The van der Waals surface area contributed by atoms with E-state index >= 15 is 0 Å². The Hall–Kier alpha value is -1.62. The number of methoxy groups -OCH3 is 1. The fourth-order valence-corrected chi connectivity index (χ4v) is 1.64. The Labute approximate surface area is 108 Å². The average molecular weight is 251 g/mol. The fourth-order valence-electron chi connectivity index (χ4n) is 1.64. The summed E-state index contributed by atoms with van der Waals surface area (Å²) in [6, 6.07) is 3.27. The third kappa shape index (κ3) is 4.33. The Balaban J connectivity index is 2.80. The maximum Gasteiger partial charge on any atom is 0.272 e. The summed E-state index contributed by atoms with van der Waals surface area (Å²) in [4.78, 5) is 18.1. The van der Waals surface area contributed by atoms with Gasteiger partial charge in [-0.3, -0.25) is 9.78 Å². The fraction of sp³-hybridized carbons (Fsp3) is 0.538. The minimum absolute atomic E-state index is 0.104. The van der Waals surface area contributed by atoms with Crippen LogP contribution >= 0.6 is 0 Å². The molecule has 0 saturated heterocycles. The van der Waals surface area contributed by atoms with Gasteiger partial charge in [0.05, 0.1) is 6.61 Å². The van der Waals surface area contributed by atoms with Gasteiger partial charge in [0.1, 0.15) is 5.69 Å². The second-order valence-corrected chi connectivity index (χ2v) is 4.61. The van der Waals surface area contributed by atoms with E-state index in [4.69, 9.17) is 10.5 Å². The number of hydrogen-bond acceptors (Lipinski definition) is 4. The zero-order valence-electron chi connectivity index (χ0n) is 11.2. The van der Waals surface area contributed by atoms with Gasteiger partial charge < -0.3 is 15.4 Å². The van der Waals surface area contributed by atoms with Crippen LogP contribution in [0.3, 0.4) is 0 Å². The Kier molecular flexibility index (Phi) is 5.58. The van der Waals surface area contributed by atoms with Crippen LogP contribution in [0.15, 0.2) is 18.3 Å². The lowest BCUT2D eigenvalue weighted by Crippen LogP contribution is -2.37. The van der Waals surface area contributed by atoms with Gasteiger partial charge in [0.15, 0.2) is 0 Å². The topological polar surface area (TPSA) is 68.5 Å². The molecule has 5 nitrogen and oxygen atoms in total. The molecule has 1 rings (SSSR count). The number of ether oxygens (including phenoxy) is 1. The summed E-state index contributed by atoms with van der Waals surface area (Å²) in [6.07, 6.45) is 1.55. The summed E-state index contributed by atoms with van der Waals surface area (Å²) >= 11 is 0. The van der Waals surface area contributed by atoms with Crippen LogP contribution in [0.2, 0.25) is 0 Å². The summed E-state index contributed by atoms with van der Waals surface area (Å²) in [5.41, 5.74) is 6.59.